The molecule has 1 saturated carbocycles. The maximum Gasteiger partial charge on any atom is 0.281 e. The van der Waals surface area contributed by atoms with E-state index in [1.165, 1.54) is 41.9 Å². The number of aryl methyl sites for hydroxylation is 2. The maximum absolute atomic E-state index is 13.4. The van der Waals surface area contributed by atoms with Crippen LogP contribution in [0.15, 0.2) is 41.5 Å². The van der Waals surface area contributed by atoms with E-state index in [1.807, 2.05) is 27.0 Å². The summed E-state index contributed by atoms with van der Waals surface area (Å²) in [5, 5.41) is 7.80. The number of anilines is 2. The van der Waals surface area contributed by atoms with Crippen molar-refractivity contribution >= 4 is 52.0 Å². The molecule has 1 aliphatic heterocycles. The average molecular weight is 613 g/mol. The second-order valence-electron chi connectivity index (χ2n) is 10.9. The van der Waals surface area contributed by atoms with E-state index in [0.29, 0.717) is 28.6 Å². The minimum absolute atomic E-state index is 0.0434. The molecule has 0 spiro atoms. The zero-order chi connectivity index (χ0) is 30.1. The number of piperidine rings is 1. The number of amides is 1. The molecule has 1 amide bonds. The highest BCUT2D eigenvalue weighted by molar-refractivity contribution is 7.97. The van der Waals surface area contributed by atoms with Crippen LogP contribution in [0.1, 0.15) is 53.8 Å². The maximum atomic E-state index is 13.4. The number of hydrogen-bond donors (Lipinski definition) is 2. The lowest BCUT2D eigenvalue weighted by Crippen LogP contribution is -2.37. The number of pyridine rings is 1. The molecule has 13 heteroatoms. The number of aromatic nitrogens is 5. The second kappa shape index (κ2) is 12.3. The Labute approximate surface area is 252 Å². The number of nitrogens with zero attached hydrogens (tertiary/aromatic N) is 6. The summed E-state index contributed by atoms with van der Waals surface area (Å²) in [6.07, 6.45) is 7.83. The number of rotatable bonds is 6. The van der Waals surface area contributed by atoms with Crippen LogP contribution in [0.4, 0.5) is 16.0 Å². The molecular weight excluding hydrogens is 579 g/mol. The number of benzene rings is 1. The average Bonchev–Trinajstić information content (AvgIpc) is 3.69. The Morgan fingerprint density at radius 3 is 2.60 bits per heavy atom. The van der Waals surface area contributed by atoms with Crippen LogP contribution in [0.5, 0.6) is 0 Å². The molecule has 1 aromatic carbocycles. The summed E-state index contributed by atoms with van der Waals surface area (Å²) < 4.78 is 17.7. The molecule has 10 nitrogen and oxygen atoms in total. The molecule has 1 saturated heterocycles. The van der Waals surface area contributed by atoms with E-state index < -0.39 is 0 Å². The van der Waals surface area contributed by atoms with Gasteiger partial charge in [-0.15, -0.1) is 0 Å². The van der Waals surface area contributed by atoms with Crippen molar-refractivity contribution in [1.29, 1.82) is 0 Å². The van der Waals surface area contributed by atoms with Gasteiger partial charge in [-0.1, -0.05) is 29.6 Å². The van der Waals surface area contributed by atoms with Gasteiger partial charge in [0.15, 0.2) is 11.5 Å². The van der Waals surface area contributed by atoms with Crippen LogP contribution in [-0.4, -0.2) is 49.1 Å². The van der Waals surface area contributed by atoms with Crippen molar-refractivity contribution in [2.75, 3.05) is 23.0 Å². The van der Waals surface area contributed by atoms with Crippen molar-refractivity contribution in [1.82, 2.24) is 29.0 Å². The molecule has 4 aromatic rings. The van der Waals surface area contributed by atoms with Crippen molar-refractivity contribution in [3.63, 3.8) is 0 Å². The first-order valence-electron chi connectivity index (χ1n) is 13.7. The second-order valence-corrected chi connectivity index (χ2v) is 11.9. The van der Waals surface area contributed by atoms with Gasteiger partial charge in [0.2, 0.25) is 5.95 Å². The minimum Gasteiger partial charge on any atom is -0.377 e. The number of hydrogen-bond acceptors (Lipinski definition) is 8. The summed E-state index contributed by atoms with van der Waals surface area (Å²) in [7, 11) is 3.48. The van der Waals surface area contributed by atoms with Crippen molar-refractivity contribution < 1.29 is 9.18 Å². The van der Waals surface area contributed by atoms with Gasteiger partial charge in [-0.3, -0.25) is 23.6 Å². The first-order valence-corrected chi connectivity index (χ1v) is 15.3. The third kappa shape index (κ3) is 6.10. The van der Waals surface area contributed by atoms with E-state index in [0.717, 1.165) is 30.0 Å². The SMILES string of the molecule is CSNC(=O)c1nc(Cl)ccc1NC(C)c1cc(C)cc2c(=O)n(C)c(N3CC4CCC3C4)nc12.Cn1cc(F)cn1. The minimum atomic E-state index is -0.331. The molecule has 3 unspecified atom stereocenters. The summed E-state index contributed by atoms with van der Waals surface area (Å²) in [5.74, 6) is 0.804. The number of carbonyl (C=O) groups is 1. The van der Waals surface area contributed by atoms with Crippen LogP contribution < -0.4 is 20.5 Å². The first-order chi connectivity index (χ1) is 20.0. The molecule has 42 heavy (non-hydrogen) atoms. The third-order valence-electron chi connectivity index (χ3n) is 7.78. The summed E-state index contributed by atoms with van der Waals surface area (Å²) in [4.78, 5) is 37.6. The fraction of sp³-hybridized carbons (Fsp3) is 0.414. The van der Waals surface area contributed by atoms with Crippen LogP contribution in [0.25, 0.3) is 10.9 Å². The Bertz CT molecular complexity index is 1680. The van der Waals surface area contributed by atoms with Crippen molar-refractivity contribution in [2.45, 2.75) is 45.2 Å². The van der Waals surface area contributed by atoms with E-state index in [1.54, 1.807) is 30.0 Å². The van der Waals surface area contributed by atoms with Crippen molar-refractivity contribution in [3.8, 4) is 0 Å². The molecule has 2 aliphatic rings. The Morgan fingerprint density at radius 2 is 2.00 bits per heavy atom. The summed E-state index contributed by atoms with van der Waals surface area (Å²) >= 11 is 7.27. The monoisotopic (exact) mass is 612 g/mol. The van der Waals surface area contributed by atoms with Gasteiger partial charge in [0.25, 0.3) is 11.5 Å². The van der Waals surface area contributed by atoms with Crippen LogP contribution in [0.2, 0.25) is 5.15 Å². The highest BCUT2D eigenvalue weighted by atomic mass is 35.5. The Hall–Kier alpha value is -3.64. The normalized spacial score (nSPS) is 18.1. The van der Waals surface area contributed by atoms with E-state index in [9.17, 15) is 14.0 Å². The number of nitrogens with one attached hydrogen (secondary N) is 2. The van der Waals surface area contributed by atoms with Gasteiger partial charge >= 0.3 is 0 Å². The number of carbonyl (C=O) groups excluding carboxylic acids is 1. The third-order valence-corrected chi connectivity index (χ3v) is 8.38. The molecular formula is C29H34ClFN8O2S. The van der Waals surface area contributed by atoms with Gasteiger partial charge in [0.1, 0.15) is 5.15 Å². The van der Waals surface area contributed by atoms with Crippen LogP contribution in [0, 0.1) is 18.7 Å². The standard InChI is InChI=1S/C25H29ClN6O2S.C4H5FN2/c1-13-9-17(14(2)27-19-7-8-20(26)28-22(19)23(33)30-35-4)21-18(10-13)24(34)31(3)25(29-21)32-12-15-5-6-16(32)11-15;1-7-3-4(5)2-6-7/h7-10,14-16,27H,5-6,11-12H2,1-4H3,(H,30,33);2-3H,1H3. The van der Waals surface area contributed by atoms with E-state index in [-0.39, 0.29) is 34.2 Å². The number of halogens is 2. The first kappa shape index (κ1) is 29.8. The zero-order valence-electron chi connectivity index (χ0n) is 24.2. The van der Waals surface area contributed by atoms with E-state index in [2.05, 4.69) is 31.1 Å². The van der Waals surface area contributed by atoms with Gasteiger partial charge in [-0.2, -0.15) is 5.10 Å². The Kier molecular flexibility index (Phi) is 8.74. The molecule has 0 radical (unpaired) electrons. The Balaban J connectivity index is 0.000000442. The van der Waals surface area contributed by atoms with Gasteiger partial charge < -0.3 is 10.2 Å². The predicted octanol–water partition coefficient (Wildman–Crippen LogP) is 5.02. The summed E-state index contributed by atoms with van der Waals surface area (Å²) in [6, 6.07) is 7.56. The lowest BCUT2D eigenvalue weighted by atomic mass is 10.0. The summed E-state index contributed by atoms with van der Waals surface area (Å²) in [6.45, 7) is 4.93. The largest absolute Gasteiger partial charge is 0.377 e. The van der Waals surface area contributed by atoms with E-state index in [4.69, 9.17) is 16.6 Å². The zero-order valence-corrected chi connectivity index (χ0v) is 25.8. The summed E-state index contributed by atoms with van der Waals surface area (Å²) in [5.41, 5.74) is 3.29. The molecule has 2 fully saturated rings. The van der Waals surface area contributed by atoms with Crippen LogP contribution in [-0.2, 0) is 14.1 Å². The van der Waals surface area contributed by atoms with Crippen LogP contribution >= 0.6 is 23.5 Å². The highest BCUT2D eigenvalue weighted by Gasteiger charge is 2.39. The fourth-order valence-corrected chi connectivity index (χ4v) is 6.30. The Morgan fingerprint density at radius 1 is 1.21 bits per heavy atom. The molecule has 2 bridgehead atoms. The fourth-order valence-electron chi connectivity index (χ4n) is 5.87. The predicted molar refractivity (Wildman–Crippen MR) is 166 cm³/mol. The lowest BCUT2D eigenvalue weighted by Gasteiger charge is -2.30. The molecule has 6 rings (SSSR count). The molecule has 3 atom stereocenters. The topological polar surface area (TPSA) is 110 Å². The van der Waals surface area contributed by atoms with Crippen molar-refractivity contribution in [2.24, 2.45) is 20.0 Å². The van der Waals surface area contributed by atoms with Gasteiger partial charge in [0, 0.05) is 38.5 Å². The van der Waals surface area contributed by atoms with Crippen molar-refractivity contribution in [3.05, 3.63) is 74.8 Å². The van der Waals surface area contributed by atoms with E-state index >= 15 is 0 Å². The molecule has 2 N–H and O–H groups in total. The lowest BCUT2D eigenvalue weighted by molar-refractivity contribution is 0.0980. The smallest absolute Gasteiger partial charge is 0.281 e. The molecule has 222 valence electrons. The van der Waals surface area contributed by atoms with Gasteiger partial charge in [-0.05, 0) is 62.8 Å². The number of fused-ring (bicyclic) bond motifs is 3. The van der Waals surface area contributed by atoms with Gasteiger partial charge in [-0.25, -0.2) is 14.4 Å². The van der Waals surface area contributed by atoms with Crippen LogP contribution in [0.3, 0.4) is 0 Å². The quantitative estimate of drug-likeness (QED) is 0.231. The molecule has 3 aromatic heterocycles. The highest BCUT2D eigenvalue weighted by Crippen LogP contribution is 2.40. The van der Waals surface area contributed by atoms with Gasteiger partial charge in [0.05, 0.1) is 35.0 Å². The molecule has 1 aliphatic carbocycles. The molecule has 4 heterocycles.